The summed E-state index contributed by atoms with van der Waals surface area (Å²) < 4.78 is 10.3. The van der Waals surface area contributed by atoms with Crippen LogP contribution in [0.15, 0.2) is 42.5 Å². The highest BCUT2D eigenvalue weighted by molar-refractivity contribution is 5.89. The van der Waals surface area contributed by atoms with E-state index in [-0.39, 0.29) is 12.2 Å². The Labute approximate surface area is 138 Å². The van der Waals surface area contributed by atoms with E-state index < -0.39 is 11.0 Å². The third-order valence-electron chi connectivity index (χ3n) is 3.18. The number of carbonyl (C=O) groups excluding carboxylic acids is 1. The molecule has 8 heteroatoms. The fourth-order valence-electron chi connectivity index (χ4n) is 2.02. The fourth-order valence-corrected chi connectivity index (χ4v) is 2.02. The van der Waals surface area contributed by atoms with Crippen molar-refractivity contribution in [2.75, 3.05) is 19.5 Å². The predicted octanol–water partition coefficient (Wildman–Crippen LogP) is 2.93. The number of ether oxygens (including phenoxy) is 2. The summed E-state index contributed by atoms with van der Waals surface area (Å²) in [6.07, 6.45) is 0. The van der Waals surface area contributed by atoms with Crippen molar-refractivity contribution in [1.29, 1.82) is 0 Å². The lowest BCUT2D eigenvalue weighted by molar-refractivity contribution is -0.384. The number of rotatable bonds is 6. The molecule has 0 saturated heterocycles. The molecular formula is C16H17N3O5. The first-order valence-electron chi connectivity index (χ1n) is 7.03. The lowest BCUT2D eigenvalue weighted by Gasteiger charge is -2.10. The van der Waals surface area contributed by atoms with E-state index in [0.717, 1.165) is 5.56 Å². The molecule has 0 spiro atoms. The number of nitrogens with zero attached hydrogens (tertiary/aromatic N) is 1. The predicted molar refractivity (Wildman–Crippen MR) is 88.5 cm³/mol. The second-order valence-electron chi connectivity index (χ2n) is 4.84. The first-order chi connectivity index (χ1) is 11.5. The number of benzene rings is 2. The first kappa shape index (κ1) is 17.1. The van der Waals surface area contributed by atoms with Crippen LogP contribution in [0.5, 0.6) is 11.5 Å². The molecule has 24 heavy (non-hydrogen) atoms. The lowest BCUT2D eigenvalue weighted by Crippen LogP contribution is -2.28. The monoisotopic (exact) mass is 331 g/mol. The van der Waals surface area contributed by atoms with E-state index in [1.165, 1.54) is 18.2 Å². The smallest absolute Gasteiger partial charge is 0.319 e. The van der Waals surface area contributed by atoms with Crippen LogP contribution < -0.4 is 20.1 Å². The number of hydrogen-bond donors (Lipinski definition) is 2. The maximum atomic E-state index is 11.9. The Morgan fingerprint density at radius 1 is 1.12 bits per heavy atom. The summed E-state index contributed by atoms with van der Waals surface area (Å²) in [5, 5.41) is 15.9. The van der Waals surface area contributed by atoms with Crippen LogP contribution >= 0.6 is 0 Å². The van der Waals surface area contributed by atoms with Crippen LogP contribution in [0.2, 0.25) is 0 Å². The molecule has 126 valence electrons. The minimum absolute atomic E-state index is 0.0923. The molecule has 2 rings (SSSR count). The van der Waals surface area contributed by atoms with Gasteiger partial charge in [-0.05, 0) is 23.8 Å². The number of urea groups is 1. The number of amides is 2. The van der Waals surface area contributed by atoms with Crippen LogP contribution in [0, 0.1) is 10.1 Å². The molecule has 2 aromatic rings. The van der Waals surface area contributed by atoms with Crippen molar-refractivity contribution >= 4 is 17.4 Å². The third kappa shape index (κ3) is 4.60. The number of carbonyl (C=O) groups is 1. The average molecular weight is 331 g/mol. The second-order valence-corrected chi connectivity index (χ2v) is 4.84. The molecule has 8 nitrogen and oxygen atoms in total. The number of nitrogens with one attached hydrogen (secondary N) is 2. The number of non-ortho nitro benzene ring substituents is 1. The van der Waals surface area contributed by atoms with Gasteiger partial charge >= 0.3 is 6.03 Å². The number of methoxy groups -OCH3 is 2. The molecule has 0 unspecified atom stereocenters. The van der Waals surface area contributed by atoms with Crippen LogP contribution in [-0.2, 0) is 6.54 Å². The summed E-state index contributed by atoms with van der Waals surface area (Å²) in [6.45, 7) is 0.244. The van der Waals surface area contributed by atoms with Gasteiger partial charge in [-0.25, -0.2) is 4.79 Å². The minimum Gasteiger partial charge on any atom is -0.497 e. The van der Waals surface area contributed by atoms with Crippen molar-refractivity contribution in [3.63, 3.8) is 0 Å². The Morgan fingerprint density at radius 2 is 1.79 bits per heavy atom. The van der Waals surface area contributed by atoms with Gasteiger partial charge in [0.15, 0.2) is 0 Å². The molecule has 0 fully saturated rings. The summed E-state index contributed by atoms with van der Waals surface area (Å²) in [5.74, 6) is 1.23. The molecule has 2 N–H and O–H groups in total. The van der Waals surface area contributed by atoms with Crippen LogP contribution in [0.25, 0.3) is 0 Å². The summed E-state index contributed by atoms with van der Waals surface area (Å²) in [6, 6.07) is 10.5. The van der Waals surface area contributed by atoms with Crippen molar-refractivity contribution < 1.29 is 19.2 Å². The highest BCUT2D eigenvalue weighted by Crippen LogP contribution is 2.22. The molecular weight excluding hydrogens is 314 g/mol. The standard InChI is InChI=1S/C16H17N3O5/c1-23-14-6-11(7-15(9-14)24-2)10-17-16(20)18-12-4-3-5-13(8-12)19(21)22/h3-9H,10H2,1-2H3,(H2,17,18,20). The van der Waals surface area contributed by atoms with Crippen molar-refractivity contribution in [2.24, 2.45) is 0 Å². The Bertz CT molecular complexity index is 726. The molecule has 0 aliphatic rings. The van der Waals surface area contributed by atoms with E-state index in [4.69, 9.17) is 9.47 Å². The topological polar surface area (TPSA) is 103 Å². The molecule has 2 amide bonds. The summed E-state index contributed by atoms with van der Waals surface area (Å²) in [7, 11) is 3.09. The Morgan fingerprint density at radius 3 is 2.38 bits per heavy atom. The Hall–Kier alpha value is -3.29. The van der Waals surface area contributed by atoms with E-state index in [0.29, 0.717) is 17.2 Å². The average Bonchev–Trinajstić information content (AvgIpc) is 2.59. The maximum Gasteiger partial charge on any atom is 0.319 e. The summed E-state index contributed by atoms with van der Waals surface area (Å²) in [4.78, 5) is 22.1. The van der Waals surface area contributed by atoms with Gasteiger partial charge in [0, 0.05) is 30.4 Å². The largest absolute Gasteiger partial charge is 0.497 e. The zero-order valence-corrected chi connectivity index (χ0v) is 13.2. The van der Waals surface area contributed by atoms with E-state index in [1.807, 2.05) is 0 Å². The molecule has 0 radical (unpaired) electrons. The Balaban J connectivity index is 1.98. The number of hydrogen-bond acceptors (Lipinski definition) is 5. The maximum absolute atomic E-state index is 11.9. The number of nitro benzene ring substituents is 1. The molecule has 0 aliphatic carbocycles. The molecule has 0 aliphatic heterocycles. The van der Waals surface area contributed by atoms with Gasteiger partial charge < -0.3 is 20.1 Å². The van der Waals surface area contributed by atoms with Crippen molar-refractivity contribution in [1.82, 2.24) is 5.32 Å². The van der Waals surface area contributed by atoms with Gasteiger partial charge in [0.05, 0.1) is 19.1 Å². The van der Waals surface area contributed by atoms with E-state index in [1.54, 1.807) is 38.5 Å². The van der Waals surface area contributed by atoms with Gasteiger partial charge in [0.2, 0.25) is 0 Å². The van der Waals surface area contributed by atoms with Crippen LogP contribution in [-0.4, -0.2) is 25.2 Å². The van der Waals surface area contributed by atoms with Gasteiger partial charge in [-0.15, -0.1) is 0 Å². The van der Waals surface area contributed by atoms with E-state index >= 15 is 0 Å². The molecule has 0 atom stereocenters. The van der Waals surface area contributed by atoms with Crippen molar-refractivity contribution in [3.8, 4) is 11.5 Å². The van der Waals surface area contributed by atoms with Crippen molar-refractivity contribution in [2.45, 2.75) is 6.54 Å². The van der Waals surface area contributed by atoms with Crippen molar-refractivity contribution in [3.05, 3.63) is 58.1 Å². The lowest BCUT2D eigenvalue weighted by atomic mass is 10.2. The van der Waals surface area contributed by atoms with Gasteiger partial charge in [0.25, 0.3) is 5.69 Å². The van der Waals surface area contributed by atoms with Gasteiger partial charge in [-0.1, -0.05) is 6.07 Å². The van der Waals surface area contributed by atoms with E-state index in [2.05, 4.69) is 10.6 Å². The summed E-state index contributed by atoms with van der Waals surface area (Å²) >= 11 is 0. The zero-order valence-electron chi connectivity index (χ0n) is 13.2. The molecule has 2 aromatic carbocycles. The van der Waals surface area contributed by atoms with Gasteiger partial charge in [-0.2, -0.15) is 0 Å². The van der Waals surface area contributed by atoms with Crippen LogP contribution in [0.1, 0.15) is 5.56 Å². The van der Waals surface area contributed by atoms with Crippen LogP contribution in [0.4, 0.5) is 16.2 Å². The highest BCUT2D eigenvalue weighted by atomic mass is 16.6. The Kier molecular flexibility index (Phi) is 5.56. The molecule has 0 aromatic heterocycles. The van der Waals surface area contributed by atoms with E-state index in [9.17, 15) is 14.9 Å². The SMILES string of the molecule is COc1cc(CNC(=O)Nc2cccc([N+](=O)[O-])c2)cc(OC)c1. The molecule has 0 bridgehead atoms. The normalized spacial score (nSPS) is 9.92. The van der Waals surface area contributed by atoms with Gasteiger partial charge in [-0.3, -0.25) is 10.1 Å². The highest BCUT2D eigenvalue weighted by Gasteiger charge is 2.08. The second kappa shape index (κ2) is 7.82. The molecule has 0 heterocycles. The van der Waals surface area contributed by atoms with Gasteiger partial charge in [0.1, 0.15) is 11.5 Å². The number of nitro groups is 1. The summed E-state index contributed by atoms with van der Waals surface area (Å²) in [5.41, 5.74) is 1.04. The zero-order chi connectivity index (χ0) is 17.5. The third-order valence-corrected chi connectivity index (χ3v) is 3.18. The molecule has 0 saturated carbocycles. The quantitative estimate of drug-likeness (QED) is 0.626. The number of anilines is 1. The minimum atomic E-state index is -0.522. The van der Waals surface area contributed by atoms with Crippen LogP contribution in [0.3, 0.4) is 0 Å². The first-order valence-corrected chi connectivity index (χ1v) is 7.03. The fraction of sp³-hybridized carbons (Fsp3) is 0.188.